The first-order chi connectivity index (χ1) is 7.69. The number of rotatable bonds is 5. The van der Waals surface area contributed by atoms with Crippen LogP contribution in [0.3, 0.4) is 0 Å². The predicted molar refractivity (Wildman–Crippen MR) is 58.7 cm³/mol. The molecule has 1 atom stereocenters. The van der Waals surface area contributed by atoms with Gasteiger partial charge in [0.05, 0.1) is 13.7 Å². The van der Waals surface area contributed by atoms with Gasteiger partial charge in [-0.3, -0.25) is 14.5 Å². The highest BCUT2D eigenvalue weighted by Crippen LogP contribution is 2.17. The Morgan fingerprint density at radius 1 is 1.56 bits per heavy atom. The van der Waals surface area contributed by atoms with Crippen LogP contribution in [-0.2, 0) is 14.3 Å². The molecule has 1 heterocycles. The summed E-state index contributed by atoms with van der Waals surface area (Å²) in [5, 5.41) is 2.68. The molecule has 16 heavy (non-hydrogen) atoms. The number of methoxy groups -OCH3 is 1. The van der Waals surface area contributed by atoms with Crippen LogP contribution in [0, 0.1) is 0 Å². The average Bonchev–Trinajstić information content (AvgIpc) is 2.73. The van der Waals surface area contributed by atoms with E-state index in [0.717, 1.165) is 19.4 Å². The Bertz CT molecular complexity index is 258. The summed E-state index contributed by atoms with van der Waals surface area (Å²) in [6.45, 7) is 1.89. The van der Waals surface area contributed by atoms with Crippen LogP contribution in [0.15, 0.2) is 0 Å². The minimum atomic E-state index is -0.270. The van der Waals surface area contributed by atoms with Crippen molar-refractivity contribution in [2.24, 2.45) is 5.73 Å². The number of amides is 1. The largest absolute Gasteiger partial charge is 0.468 e. The maximum Gasteiger partial charge on any atom is 0.323 e. The van der Waals surface area contributed by atoms with Crippen LogP contribution < -0.4 is 11.1 Å². The van der Waals surface area contributed by atoms with Gasteiger partial charge in [-0.1, -0.05) is 0 Å². The number of carbonyl (C=O) groups excluding carboxylic acids is 2. The molecule has 1 aliphatic heterocycles. The number of nitrogens with zero attached hydrogens (tertiary/aromatic N) is 1. The second kappa shape index (κ2) is 6.44. The normalized spacial score (nSPS) is 20.8. The molecule has 0 bridgehead atoms. The van der Waals surface area contributed by atoms with Crippen LogP contribution in [0.25, 0.3) is 0 Å². The summed E-state index contributed by atoms with van der Waals surface area (Å²) in [6, 6.07) is -0.270. The molecule has 0 saturated carbocycles. The Balaban J connectivity index is 2.40. The highest BCUT2D eigenvalue weighted by Gasteiger charge is 2.32. The number of likely N-dealkylation sites (tertiary alicyclic amines) is 1. The predicted octanol–water partition coefficient (Wildman–Crippen LogP) is -1.30. The van der Waals surface area contributed by atoms with Crippen molar-refractivity contribution in [1.29, 1.82) is 0 Å². The maximum absolute atomic E-state index is 11.5. The Morgan fingerprint density at radius 2 is 2.31 bits per heavy atom. The van der Waals surface area contributed by atoms with Crippen LogP contribution in [0.1, 0.15) is 12.8 Å². The topological polar surface area (TPSA) is 84.7 Å². The van der Waals surface area contributed by atoms with E-state index >= 15 is 0 Å². The minimum absolute atomic E-state index is 0.0961. The summed E-state index contributed by atoms with van der Waals surface area (Å²) >= 11 is 0. The monoisotopic (exact) mass is 229 g/mol. The van der Waals surface area contributed by atoms with Gasteiger partial charge in [-0.25, -0.2) is 0 Å². The molecule has 1 saturated heterocycles. The summed E-state index contributed by atoms with van der Waals surface area (Å²) < 4.78 is 4.69. The molecule has 1 aliphatic rings. The molecule has 6 nitrogen and oxygen atoms in total. The van der Waals surface area contributed by atoms with Gasteiger partial charge in [-0.05, 0) is 19.4 Å². The van der Waals surface area contributed by atoms with Gasteiger partial charge in [0.25, 0.3) is 0 Å². The second-order valence-corrected chi connectivity index (χ2v) is 3.79. The molecule has 1 rings (SSSR count). The maximum atomic E-state index is 11.5. The van der Waals surface area contributed by atoms with Crippen LogP contribution in [0.2, 0.25) is 0 Å². The van der Waals surface area contributed by atoms with Gasteiger partial charge in [0.1, 0.15) is 6.04 Å². The van der Waals surface area contributed by atoms with Gasteiger partial charge in [0.15, 0.2) is 0 Å². The number of hydrogen-bond acceptors (Lipinski definition) is 5. The third kappa shape index (κ3) is 3.46. The molecular formula is C10H19N3O3. The van der Waals surface area contributed by atoms with Crippen molar-refractivity contribution in [3.63, 3.8) is 0 Å². The van der Waals surface area contributed by atoms with Gasteiger partial charge in [0, 0.05) is 13.1 Å². The number of nitrogens with two attached hydrogens (primary N) is 1. The third-order valence-corrected chi connectivity index (χ3v) is 2.65. The molecule has 0 aromatic carbocycles. The molecule has 3 N–H and O–H groups in total. The van der Waals surface area contributed by atoms with Gasteiger partial charge in [-0.2, -0.15) is 0 Å². The SMILES string of the molecule is COC(=O)C1CCCN1CC(=O)NCCN. The van der Waals surface area contributed by atoms with Crippen molar-refractivity contribution in [3.8, 4) is 0 Å². The van der Waals surface area contributed by atoms with Gasteiger partial charge < -0.3 is 15.8 Å². The number of hydrogen-bond donors (Lipinski definition) is 2. The molecule has 0 aromatic rings. The molecule has 0 aromatic heterocycles. The highest BCUT2D eigenvalue weighted by atomic mass is 16.5. The quantitative estimate of drug-likeness (QED) is 0.572. The number of carbonyl (C=O) groups is 2. The van der Waals surface area contributed by atoms with Crippen LogP contribution in [-0.4, -0.2) is 56.1 Å². The molecule has 6 heteroatoms. The van der Waals surface area contributed by atoms with Crippen molar-refractivity contribution in [3.05, 3.63) is 0 Å². The fraction of sp³-hybridized carbons (Fsp3) is 0.800. The fourth-order valence-electron chi connectivity index (χ4n) is 1.87. The zero-order chi connectivity index (χ0) is 12.0. The number of esters is 1. The Labute approximate surface area is 95.1 Å². The first-order valence-corrected chi connectivity index (χ1v) is 5.47. The molecule has 92 valence electrons. The van der Waals surface area contributed by atoms with Crippen molar-refractivity contribution in [2.45, 2.75) is 18.9 Å². The summed E-state index contributed by atoms with van der Waals surface area (Å²) in [5.41, 5.74) is 5.28. The Morgan fingerprint density at radius 3 is 2.94 bits per heavy atom. The van der Waals surface area contributed by atoms with E-state index in [4.69, 9.17) is 10.5 Å². The first kappa shape index (κ1) is 12.9. The molecule has 0 radical (unpaired) electrons. The van der Waals surface area contributed by atoms with E-state index in [1.165, 1.54) is 7.11 Å². The van der Waals surface area contributed by atoms with Gasteiger partial charge >= 0.3 is 5.97 Å². The molecule has 0 aliphatic carbocycles. The third-order valence-electron chi connectivity index (χ3n) is 2.65. The molecule has 1 fully saturated rings. The molecule has 1 amide bonds. The lowest BCUT2D eigenvalue weighted by Gasteiger charge is -2.21. The standard InChI is InChI=1S/C10H19N3O3/c1-16-10(15)8-3-2-6-13(8)7-9(14)12-5-4-11/h8H,2-7,11H2,1H3,(H,12,14). The van der Waals surface area contributed by atoms with E-state index in [9.17, 15) is 9.59 Å². The lowest BCUT2D eigenvalue weighted by molar-refractivity contribution is -0.146. The summed E-state index contributed by atoms with van der Waals surface area (Å²) in [5.74, 6) is -0.356. The lowest BCUT2D eigenvalue weighted by Crippen LogP contribution is -2.44. The zero-order valence-corrected chi connectivity index (χ0v) is 9.57. The van der Waals surface area contributed by atoms with Gasteiger partial charge in [-0.15, -0.1) is 0 Å². The average molecular weight is 229 g/mol. The fourth-order valence-corrected chi connectivity index (χ4v) is 1.87. The van der Waals surface area contributed by atoms with E-state index in [1.807, 2.05) is 4.90 Å². The lowest BCUT2D eigenvalue weighted by atomic mass is 10.2. The second-order valence-electron chi connectivity index (χ2n) is 3.79. The summed E-state index contributed by atoms with van der Waals surface area (Å²) in [7, 11) is 1.37. The van der Waals surface area contributed by atoms with Crippen LogP contribution in [0.5, 0.6) is 0 Å². The molecule has 1 unspecified atom stereocenters. The zero-order valence-electron chi connectivity index (χ0n) is 9.57. The Hall–Kier alpha value is -1.14. The Kier molecular flexibility index (Phi) is 5.21. The van der Waals surface area contributed by atoms with E-state index in [2.05, 4.69) is 5.32 Å². The van der Waals surface area contributed by atoms with E-state index in [0.29, 0.717) is 13.1 Å². The van der Waals surface area contributed by atoms with Crippen molar-refractivity contribution in [2.75, 3.05) is 33.3 Å². The van der Waals surface area contributed by atoms with E-state index in [1.54, 1.807) is 0 Å². The first-order valence-electron chi connectivity index (χ1n) is 5.47. The smallest absolute Gasteiger partial charge is 0.323 e. The number of ether oxygens (including phenoxy) is 1. The summed E-state index contributed by atoms with van der Waals surface area (Å²) in [4.78, 5) is 24.7. The van der Waals surface area contributed by atoms with Gasteiger partial charge in [0.2, 0.25) is 5.91 Å². The molecular weight excluding hydrogens is 210 g/mol. The van der Waals surface area contributed by atoms with Crippen LogP contribution in [0.4, 0.5) is 0 Å². The molecule has 0 spiro atoms. The van der Waals surface area contributed by atoms with Crippen LogP contribution >= 0.6 is 0 Å². The number of nitrogens with one attached hydrogen (secondary N) is 1. The van der Waals surface area contributed by atoms with Crippen molar-refractivity contribution < 1.29 is 14.3 Å². The summed E-state index contributed by atoms with van der Waals surface area (Å²) in [6.07, 6.45) is 1.68. The minimum Gasteiger partial charge on any atom is -0.468 e. The van der Waals surface area contributed by atoms with Crippen molar-refractivity contribution >= 4 is 11.9 Å². The van der Waals surface area contributed by atoms with Crippen molar-refractivity contribution in [1.82, 2.24) is 10.2 Å². The van der Waals surface area contributed by atoms with E-state index in [-0.39, 0.29) is 24.5 Å². The highest BCUT2D eigenvalue weighted by molar-refractivity contribution is 5.80. The van der Waals surface area contributed by atoms with E-state index < -0.39 is 0 Å².